The molecule has 0 aromatic carbocycles. The summed E-state index contributed by atoms with van der Waals surface area (Å²) in [5.74, 6) is 0.680. The van der Waals surface area contributed by atoms with Gasteiger partial charge in [-0.15, -0.1) is 0 Å². The molecule has 100 valence electrons. The molecule has 3 atom stereocenters. The van der Waals surface area contributed by atoms with Crippen LogP contribution in [0.1, 0.15) is 32.0 Å². The number of nitrogens with zero attached hydrogens (tertiary/aromatic N) is 1. The van der Waals surface area contributed by atoms with E-state index in [1.807, 2.05) is 6.92 Å². The molecule has 2 aliphatic rings. The molecular weight excluding hydrogens is 254 g/mol. The van der Waals surface area contributed by atoms with Crippen molar-refractivity contribution in [1.29, 1.82) is 0 Å². The van der Waals surface area contributed by atoms with Crippen molar-refractivity contribution in [3.05, 3.63) is 12.0 Å². The SMILES string of the molecule is CCc1ncc(S(=O)(=O)NC2CC3CCC2O3)[nH]1. The van der Waals surface area contributed by atoms with Crippen LogP contribution in [0.25, 0.3) is 0 Å². The summed E-state index contributed by atoms with van der Waals surface area (Å²) in [6.45, 7) is 1.92. The van der Waals surface area contributed by atoms with Gasteiger partial charge in [0.15, 0.2) is 5.03 Å². The second kappa shape index (κ2) is 4.32. The maximum Gasteiger partial charge on any atom is 0.257 e. The molecule has 3 heterocycles. The number of aromatic nitrogens is 2. The highest BCUT2D eigenvalue weighted by molar-refractivity contribution is 7.89. The molecule has 0 spiro atoms. The van der Waals surface area contributed by atoms with Gasteiger partial charge in [-0.1, -0.05) is 6.92 Å². The lowest BCUT2D eigenvalue weighted by Crippen LogP contribution is -2.41. The first kappa shape index (κ1) is 12.1. The Hall–Kier alpha value is -0.920. The highest BCUT2D eigenvalue weighted by Gasteiger charge is 2.42. The van der Waals surface area contributed by atoms with Crippen LogP contribution in [0.5, 0.6) is 0 Å². The second-order valence-electron chi connectivity index (χ2n) is 4.89. The normalized spacial score (nSPS) is 31.1. The zero-order chi connectivity index (χ0) is 12.8. The van der Waals surface area contributed by atoms with Crippen LogP contribution >= 0.6 is 0 Å². The molecule has 0 radical (unpaired) electrons. The number of fused-ring (bicyclic) bond motifs is 2. The minimum absolute atomic E-state index is 0.0401. The van der Waals surface area contributed by atoms with E-state index in [2.05, 4.69) is 14.7 Å². The Balaban J connectivity index is 1.75. The monoisotopic (exact) mass is 271 g/mol. The summed E-state index contributed by atoms with van der Waals surface area (Å²) in [4.78, 5) is 6.84. The van der Waals surface area contributed by atoms with Gasteiger partial charge in [-0.05, 0) is 19.3 Å². The van der Waals surface area contributed by atoms with Gasteiger partial charge in [0.25, 0.3) is 10.0 Å². The van der Waals surface area contributed by atoms with Gasteiger partial charge in [0.1, 0.15) is 5.82 Å². The Morgan fingerprint density at radius 1 is 1.56 bits per heavy atom. The fourth-order valence-corrected chi connectivity index (χ4v) is 3.90. The number of ether oxygens (including phenoxy) is 1. The number of rotatable bonds is 4. The number of nitrogens with one attached hydrogen (secondary N) is 2. The summed E-state index contributed by atoms with van der Waals surface area (Å²) in [7, 11) is -3.50. The lowest BCUT2D eigenvalue weighted by Gasteiger charge is -2.19. The van der Waals surface area contributed by atoms with Gasteiger partial charge in [-0.3, -0.25) is 0 Å². The third-order valence-corrected chi connectivity index (χ3v) is 5.04. The maximum atomic E-state index is 12.2. The van der Waals surface area contributed by atoms with Crippen LogP contribution in [0, 0.1) is 0 Å². The van der Waals surface area contributed by atoms with Crippen LogP contribution in [0.2, 0.25) is 0 Å². The first-order valence-electron chi connectivity index (χ1n) is 6.30. The molecule has 2 N–H and O–H groups in total. The predicted molar refractivity (Wildman–Crippen MR) is 64.6 cm³/mol. The summed E-state index contributed by atoms with van der Waals surface area (Å²) < 4.78 is 32.7. The van der Waals surface area contributed by atoms with Crippen LogP contribution < -0.4 is 4.72 Å². The van der Waals surface area contributed by atoms with E-state index in [-0.39, 0.29) is 23.3 Å². The van der Waals surface area contributed by atoms with E-state index in [4.69, 9.17) is 4.74 Å². The summed E-state index contributed by atoms with van der Waals surface area (Å²) in [5.41, 5.74) is 0. The molecule has 6 nitrogen and oxygen atoms in total. The third-order valence-electron chi connectivity index (χ3n) is 3.64. The van der Waals surface area contributed by atoms with Gasteiger partial charge in [0.05, 0.1) is 24.4 Å². The van der Waals surface area contributed by atoms with Gasteiger partial charge < -0.3 is 9.72 Å². The molecule has 0 amide bonds. The summed E-state index contributed by atoms with van der Waals surface area (Å²) in [6, 6.07) is -0.0953. The van der Waals surface area contributed by atoms with Crippen LogP contribution in [-0.2, 0) is 21.2 Å². The first-order valence-corrected chi connectivity index (χ1v) is 7.78. The summed E-state index contributed by atoms with van der Waals surface area (Å²) in [6.07, 6.45) is 5.10. The molecule has 3 rings (SSSR count). The molecule has 0 aliphatic carbocycles. The van der Waals surface area contributed by atoms with Crippen molar-refractivity contribution in [3.8, 4) is 0 Å². The fraction of sp³-hybridized carbons (Fsp3) is 0.727. The van der Waals surface area contributed by atoms with Crippen molar-refractivity contribution in [2.75, 3.05) is 0 Å². The van der Waals surface area contributed by atoms with E-state index in [0.717, 1.165) is 19.3 Å². The van der Waals surface area contributed by atoms with Crippen molar-refractivity contribution in [2.24, 2.45) is 0 Å². The van der Waals surface area contributed by atoms with Gasteiger partial charge in [-0.25, -0.2) is 18.1 Å². The molecular formula is C11H17N3O3S. The Morgan fingerprint density at radius 2 is 2.39 bits per heavy atom. The Morgan fingerprint density at radius 3 is 2.94 bits per heavy atom. The first-order chi connectivity index (χ1) is 8.58. The number of aryl methyl sites for hydroxylation is 1. The molecule has 3 unspecified atom stereocenters. The summed E-state index contributed by atoms with van der Waals surface area (Å²) >= 11 is 0. The zero-order valence-electron chi connectivity index (χ0n) is 10.2. The van der Waals surface area contributed by atoms with E-state index in [1.165, 1.54) is 6.20 Å². The lowest BCUT2D eigenvalue weighted by atomic mass is 9.96. The minimum Gasteiger partial charge on any atom is -0.373 e. The number of sulfonamides is 1. The smallest absolute Gasteiger partial charge is 0.257 e. The van der Waals surface area contributed by atoms with Gasteiger partial charge >= 0.3 is 0 Å². The van der Waals surface area contributed by atoms with Crippen molar-refractivity contribution in [2.45, 2.75) is 55.9 Å². The standard InChI is InChI=1S/C11H17N3O3S/c1-2-10-12-6-11(13-10)18(15,16)14-8-5-7-3-4-9(8)17-7/h6-9,14H,2-5H2,1H3,(H,12,13). The van der Waals surface area contributed by atoms with E-state index in [1.54, 1.807) is 0 Å². The minimum atomic E-state index is -3.50. The number of aromatic amines is 1. The summed E-state index contributed by atoms with van der Waals surface area (Å²) in [5, 5.41) is 0.141. The molecule has 1 aromatic rings. The van der Waals surface area contributed by atoms with E-state index < -0.39 is 10.0 Å². The van der Waals surface area contributed by atoms with Crippen LogP contribution in [0.4, 0.5) is 0 Å². The Bertz CT molecular complexity index is 539. The van der Waals surface area contributed by atoms with E-state index in [0.29, 0.717) is 12.2 Å². The van der Waals surface area contributed by atoms with Gasteiger partial charge in [0, 0.05) is 6.42 Å². The van der Waals surface area contributed by atoms with Gasteiger partial charge in [-0.2, -0.15) is 0 Å². The molecule has 18 heavy (non-hydrogen) atoms. The topological polar surface area (TPSA) is 84.1 Å². The highest BCUT2D eigenvalue weighted by Crippen LogP contribution is 2.34. The molecule has 0 saturated carbocycles. The highest BCUT2D eigenvalue weighted by atomic mass is 32.2. The van der Waals surface area contributed by atoms with Crippen LogP contribution in [0.3, 0.4) is 0 Å². The molecule has 2 aliphatic heterocycles. The predicted octanol–water partition coefficient (Wildman–Crippen LogP) is 0.570. The third kappa shape index (κ3) is 2.06. The Labute approximate surface area is 106 Å². The van der Waals surface area contributed by atoms with Gasteiger partial charge in [0.2, 0.25) is 0 Å². The number of H-pyrrole nitrogens is 1. The molecule has 2 saturated heterocycles. The maximum absolute atomic E-state index is 12.2. The Kier molecular flexibility index (Phi) is 2.91. The van der Waals surface area contributed by atoms with Crippen molar-refractivity contribution in [3.63, 3.8) is 0 Å². The lowest BCUT2D eigenvalue weighted by molar-refractivity contribution is 0.0996. The van der Waals surface area contributed by atoms with Crippen molar-refractivity contribution >= 4 is 10.0 Å². The number of hydrogen-bond donors (Lipinski definition) is 2. The average molecular weight is 271 g/mol. The quantitative estimate of drug-likeness (QED) is 0.838. The molecule has 2 fully saturated rings. The largest absolute Gasteiger partial charge is 0.373 e. The second-order valence-corrected chi connectivity index (χ2v) is 6.57. The molecule has 1 aromatic heterocycles. The zero-order valence-corrected chi connectivity index (χ0v) is 11.0. The number of hydrogen-bond acceptors (Lipinski definition) is 4. The fourth-order valence-electron chi connectivity index (χ4n) is 2.68. The van der Waals surface area contributed by atoms with E-state index in [9.17, 15) is 8.42 Å². The average Bonchev–Trinajstić information content (AvgIpc) is 3.04. The van der Waals surface area contributed by atoms with Crippen LogP contribution in [-0.4, -0.2) is 36.6 Å². The van der Waals surface area contributed by atoms with E-state index >= 15 is 0 Å². The molecule has 2 bridgehead atoms. The van der Waals surface area contributed by atoms with Crippen LogP contribution in [0.15, 0.2) is 11.2 Å². The van der Waals surface area contributed by atoms with Crippen molar-refractivity contribution in [1.82, 2.24) is 14.7 Å². The number of imidazole rings is 1. The van der Waals surface area contributed by atoms with Crippen molar-refractivity contribution < 1.29 is 13.2 Å². The molecule has 7 heteroatoms.